The lowest BCUT2D eigenvalue weighted by Crippen LogP contribution is -2.48. The summed E-state index contributed by atoms with van der Waals surface area (Å²) in [5.74, 6) is 0.489. The SMILES string of the molecule is CCOc1ccc(NC(=O)NNC(=O)C(C)(C)C)c(C)c1. The predicted octanol–water partition coefficient (Wildman–Crippen LogP) is 2.59. The van der Waals surface area contributed by atoms with Crippen LogP contribution in [0.15, 0.2) is 18.2 Å². The van der Waals surface area contributed by atoms with Gasteiger partial charge in [-0.15, -0.1) is 0 Å². The van der Waals surface area contributed by atoms with E-state index in [0.717, 1.165) is 11.3 Å². The highest BCUT2D eigenvalue weighted by atomic mass is 16.5. The van der Waals surface area contributed by atoms with E-state index in [1.807, 2.05) is 19.9 Å². The number of nitrogens with one attached hydrogen (secondary N) is 3. The summed E-state index contributed by atoms with van der Waals surface area (Å²) in [5, 5.41) is 2.67. The Balaban J connectivity index is 2.57. The summed E-state index contributed by atoms with van der Waals surface area (Å²) in [6, 6.07) is 4.87. The minimum Gasteiger partial charge on any atom is -0.494 e. The Hall–Kier alpha value is -2.24. The number of ether oxygens (including phenoxy) is 1. The van der Waals surface area contributed by atoms with Crippen molar-refractivity contribution < 1.29 is 14.3 Å². The quantitative estimate of drug-likeness (QED) is 0.749. The van der Waals surface area contributed by atoms with E-state index in [9.17, 15) is 9.59 Å². The third kappa shape index (κ3) is 5.33. The normalized spacial score (nSPS) is 10.7. The number of carbonyl (C=O) groups is 2. The minimum atomic E-state index is -0.567. The minimum absolute atomic E-state index is 0.263. The van der Waals surface area contributed by atoms with Gasteiger partial charge in [-0.3, -0.25) is 10.2 Å². The van der Waals surface area contributed by atoms with Crippen LogP contribution in [0.5, 0.6) is 5.75 Å². The number of urea groups is 1. The van der Waals surface area contributed by atoms with Crippen molar-refractivity contribution in [1.29, 1.82) is 0 Å². The van der Waals surface area contributed by atoms with Crippen LogP contribution < -0.4 is 20.9 Å². The first-order chi connectivity index (χ1) is 9.74. The number of hydrogen-bond acceptors (Lipinski definition) is 3. The third-order valence-electron chi connectivity index (χ3n) is 2.73. The molecule has 0 saturated carbocycles. The summed E-state index contributed by atoms with van der Waals surface area (Å²) in [6.07, 6.45) is 0. The second-order valence-corrected chi connectivity index (χ2v) is 5.69. The van der Waals surface area contributed by atoms with Crippen LogP contribution in [0.1, 0.15) is 33.3 Å². The molecule has 6 heteroatoms. The standard InChI is InChI=1S/C15H23N3O3/c1-6-21-11-7-8-12(10(2)9-11)16-14(20)18-17-13(19)15(3,4)5/h7-9H,6H2,1-5H3,(H,17,19)(H2,16,18,20). The van der Waals surface area contributed by atoms with Crippen molar-refractivity contribution in [2.24, 2.45) is 5.41 Å². The second kappa shape index (κ2) is 6.97. The molecule has 0 heterocycles. The fourth-order valence-electron chi connectivity index (χ4n) is 1.49. The van der Waals surface area contributed by atoms with Crippen molar-refractivity contribution in [2.45, 2.75) is 34.6 Å². The molecule has 0 aliphatic carbocycles. The number of carbonyl (C=O) groups excluding carboxylic acids is 2. The zero-order valence-electron chi connectivity index (χ0n) is 13.2. The number of amides is 3. The number of benzene rings is 1. The van der Waals surface area contributed by atoms with Gasteiger partial charge in [0.1, 0.15) is 5.75 Å². The summed E-state index contributed by atoms with van der Waals surface area (Å²) in [7, 11) is 0. The Morgan fingerprint density at radius 1 is 1.19 bits per heavy atom. The van der Waals surface area contributed by atoms with Crippen molar-refractivity contribution in [3.63, 3.8) is 0 Å². The van der Waals surface area contributed by atoms with Crippen molar-refractivity contribution in [1.82, 2.24) is 10.9 Å². The molecule has 1 aromatic carbocycles. The number of hydrogen-bond donors (Lipinski definition) is 3. The average molecular weight is 293 g/mol. The molecule has 3 amide bonds. The van der Waals surface area contributed by atoms with E-state index in [1.54, 1.807) is 32.9 Å². The molecule has 0 atom stereocenters. The van der Waals surface area contributed by atoms with Gasteiger partial charge in [-0.25, -0.2) is 10.2 Å². The van der Waals surface area contributed by atoms with Gasteiger partial charge in [-0.1, -0.05) is 20.8 Å². The van der Waals surface area contributed by atoms with E-state index < -0.39 is 11.4 Å². The largest absolute Gasteiger partial charge is 0.494 e. The molecule has 0 spiro atoms. The van der Waals surface area contributed by atoms with E-state index in [-0.39, 0.29) is 5.91 Å². The van der Waals surface area contributed by atoms with Crippen molar-refractivity contribution >= 4 is 17.6 Å². The molecule has 0 bridgehead atoms. The van der Waals surface area contributed by atoms with Crippen LogP contribution in [0, 0.1) is 12.3 Å². The first kappa shape index (κ1) is 16.8. The van der Waals surface area contributed by atoms with Gasteiger partial charge in [0.2, 0.25) is 5.91 Å². The second-order valence-electron chi connectivity index (χ2n) is 5.69. The first-order valence-corrected chi connectivity index (χ1v) is 6.85. The van der Waals surface area contributed by atoms with E-state index >= 15 is 0 Å². The van der Waals surface area contributed by atoms with Gasteiger partial charge < -0.3 is 10.1 Å². The van der Waals surface area contributed by atoms with Gasteiger partial charge in [-0.05, 0) is 37.6 Å². The molecule has 6 nitrogen and oxygen atoms in total. The molecule has 0 radical (unpaired) electrons. The summed E-state index contributed by atoms with van der Waals surface area (Å²) in [4.78, 5) is 23.4. The molecule has 0 saturated heterocycles. The molecule has 0 aliphatic rings. The average Bonchev–Trinajstić information content (AvgIpc) is 2.38. The van der Waals surface area contributed by atoms with Gasteiger partial charge in [0.15, 0.2) is 0 Å². The third-order valence-corrected chi connectivity index (χ3v) is 2.73. The number of aryl methyl sites for hydroxylation is 1. The van der Waals surface area contributed by atoms with E-state index in [1.165, 1.54) is 0 Å². The lowest BCUT2D eigenvalue weighted by atomic mass is 9.96. The molecule has 1 aromatic rings. The molecule has 0 aliphatic heterocycles. The molecule has 0 unspecified atom stereocenters. The van der Waals surface area contributed by atoms with Crippen molar-refractivity contribution in [3.05, 3.63) is 23.8 Å². The van der Waals surface area contributed by atoms with E-state index in [0.29, 0.717) is 12.3 Å². The molecule has 1 rings (SSSR count). The Kier molecular flexibility index (Phi) is 5.58. The fraction of sp³-hybridized carbons (Fsp3) is 0.467. The lowest BCUT2D eigenvalue weighted by molar-refractivity contribution is -0.129. The summed E-state index contributed by atoms with van der Waals surface area (Å²) < 4.78 is 5.38. The summed E-state index contributed by atoms with van der Waals surface area (Å²) in [6.45, 7) is 9.65. The van der Waals surface area contributed by atoms with Crippen LogP contribution in [0.3, 0.4) is 0 Å². The first-order valence-electron chi connectivity index (χ1n) is 6.85. The highest BCUT2D eigenvalue weighted by Gasteiger charge is 2.21. The van der Waals surface area contributed by atoms with Gasteiger partial charge in [0.25, 0.3) is 0 Å². The molecule has 3 N–H and O–H groups in total. The van der Waals surface area contributed by atoms with Crippen LogP contribution in [0.4, 0.5) is 10.5 Å². The van der Waals surface area contributed by atoms with E-state index in [2.05, 4.69) is 16.2 Å². The van der Waals surface area contributed by atoms with Gasteiger partial charge in [-0.2, -0.15) is 0 Å². The highest BCUT2D eigenvalue weighted by molar-refractivity contribution is 5.92. The van der Waals surface area contributed by atoms with Crippen LogP contribution in [0.2, 0.25) is 0 Å². The summed E-state index contributed by atoms with van der Waals surface area (Å²) >= 11 is 0. The fourth-order valence-corrected chi connectivity index (χ4v) is 1.49. The highest BCUT2D eigenvalue weighted by Crippen LogP contribution is 2.21. The van der Waals surface area contributed by atoms with Gasteiger partial charge in [0.05, 0.1) is 6.61 Å². The lowest BCUT2D eigenvalue weighted by Gasteiger charge is -2.18. The topological polar surface area (TPSA) is 79.5 Å². The van der Waals surface area contributed by atoms with Crippen LogP contribution in [-0.2, 0) is 4.79 Å². The molecule has 21 heavy (non-hydrogen) atoms. The molecular formula is C15H23N3O3. The smallest absolute Gasteiger partial charge is 0.337 e. The van der Waals surface area contributed by atoms with E-state index in [4.69, 9.17) is 4.74 Å². The van der Waals surface area contributed by atoms with Crippen molar-refractivity contribution in [2.75, 3.05) is 11.9 Å². The number of hydrazine groups is 1. The molecular weight excluding hydrogens is 270 g/mol. The van der Waals surface area contributed by atoms with Gasteiger partial charge in [0, 0.05) is 11.1 Å². The Morgan fingerprint density at radius 3 is 2.38 bits per heavy atom. The zero-order valence-corrected chi connectivity index (χ0v) is 13.2. The molecule has 116 valence electrons. The monoisotopic (exact) mass is 293 g/mol. The maximum absolute atomic E-state index is 11.7. The maximum atomic E-state index is 11.7. The predicted molar refractivity (Wildman–Crippen MR) is 82.1 cm³/mol. The Bertz CT molecular complexity index is 521. The summed E-state index contributed by atoms with van der Waals surface area (Å²) in [5.41, 5.74) is 5.65. The molecule has 0 fully saturated rings. The Labute approximate surface area is 125 Å². The van der Waals surface area contributed by atoms with Crippen LogP contribution >= 0.6 is 0 Å². The molecule has 0 aromatic heterocycles. The van der Waals surface area contributed by atoms with Gasteiger partial charge >= 0.3 is 6.03 Å². The zero-order chi connectivity index (χ0) is 16.0. The Morgan fingerprint density at radius 2 is 1.86 bits per heavy atom. The van der Waals surface area contributed by atoms with Crippen molar-refractivity contribution in [3.8, 4) is 5.75 Å². The maximum Gasteiger partial charge on any atom is 0.337 e. The van der Waals surface area contributed by atoms with Crippen LogP contribution in [0.25, 0.3) is 0 Å². The number of anilines is 1. The van der Waals surface area contributed by atoms with Crippen LogP contribution in [-0.4, -0.2) is 18.5 Å². The number of rotatable bonds is 3.